The van der Waals surface area contributed by atoms with Crippen LogP contribution in [-0.4, -0.2) is 17.7 Å². The molecule has 1 aliphatic heterocycles. The Balaban J connectivity index is 1.70. The van der Waals surface area contributed by atoms with Crippen molar-refractivity contribution < 1.29 is 13.2 Å². The molecule has 0 unspecified atom stereocenters. The fourth-order valence-electron chi connectivity index (χ4n) is 2.54. The first-order chi connectivity index (χ1) is 11.5. The molecule has 1 aliphatic rings. The highest BCUT2D eigenvalue weighted by Crippen LogP contribution is 2.36. The average molecular weight is 331 g/mol. The minimum Gasteiger partial charge on any atom is -0.370 e. The van der Waals surface area contributed by atoms with Crippen molar-refractivity contribution in [2.45, 2.75) is 19.0 Å². The van der Waals surface area contributed by atoms with Gasteiger partial charge in [-0.3, -0.25) is 4.99 Å². The lowest BCUT2D eigenvalue weighted by Crippen LogP contribution is -2.07. The number of nitrogens with zero attached hydrogens (tertiary/aromatic N) is 2. The van der Waals surface area contributed by atoms with Gasteiger partial charge in [-0.1, -0.05) is 24.3 Å². The summed E-state index contributed by atoms with van der Waals surface area (Å²) in [7, 11) is 0. The zero-order chi connectivity index (χ0) is 17.0. The fourth-order valence-corrected chi connectivity index (χ4v) is 2.54. The number of rotatable bonds is 5. The smallest absolute Gasteiger partial charge is 0.370 e. The Hall–Kier alpha value is -2.63. The van der Waals surface area contributed by atoms with Gasteiger partial charge in [-0.15, -0.1) is 0 Å². The van der Waals surface area contributed by atoms with Gasteiger partial charge in [0.05, 0.1) is 5.56 Å². The van der Waals surface area contributed by atoms with E-state index in [9.17, 15) is 13.2 Å². The quantitative estimate of drug-likeness (QED) is 0.843. The second-order valence-electron chi connectivity index (χ2n) is 5.40. The maximum Gasteiger partial charge on any atom is 0.417 e. The average Bonchev–Trinajstić information content (AvgIpc) is 3.08. The number of pyridine rings is 1. The van der Waals surface area contributed by atoms with Gasteiger partial charge in [0.15, 0.2) is 0 Å². The number of benzene rings is 1. The third-order valence-electron chi connectivity index (χ3n) is 3.71. The van der Waals surface area contributed by atoms with Crippen LogP contribution in [0, 0.1) is 0 Å². The summed E-state index contributed by atoms with van der Waals surface area (Å²) >= 11 is 0. The molecule has 3 nitrogen and oxygen atoms in total. The van der Waals surface area contributed by atoms with Crippen LogP contribution in [0.5, 0.6) is 0 Å². The molecule has 1 aromatic carbocycles. The van der Waals surface area contributed by atoms with Gasteiger partial charge in [0.25, 0.3) is 0 Å². The molecule has 0 spiro atoms. The van der Waals surface area contributed by atoms with Gasteiger partial charge in [0.1, 0.15) is 5.82 Å². The summed E-state index contributed by atoms with van der Waals surface area (Å²) in [5, 5.41) is 3.15. The molecule has 0 atom stereocenters. The van der Waals surface area contributed by atoms with E-state index in [4.69, 9.17) is 0 Å². The van der Waals surface area contributed by atoms with Crippen molar-refractivity contribution in [3.63, 3.8) is 0 Å². The number of aliphatic imine (C=N–C) groups is 1. The topological polar surface area (TPSA) is 37.3 Å². The zero-order valence-corrected chi connectivity index (χ0v) is 12.8. The van der Waals surface area contributed by atoms with Crippen molar-refractivity contribution in [2.24, 2.45) is 4.99 Å². The molecule has 3 rings (SSSR count). The van der Waals surface area contributed by atoms with Crippen molar-refractivity contribution in [3.8, 4) is 11.1 Å². The van der Waals surface area contributed by atoms with E-state index < -0.39 is 11.7 Å². The first kappa shape index (κ1) is 16.2. The van der Waals surface area contributed by atoms with Crippen molar-refractivity contribution in [2.75, 3.05) is 11.9 Å². The highest BCUT2D eigenvalue weighted by Gasteiger charge is 2.33. The van der Waals surface area contributed by atoms with Crippen LogP contribution in [0.1, 0.15) is 18.4 Å². The number of aromatic nitrogens is 1. The molecule has 24 heavy (non-hydrogen) atoms. The second kappa shape index (κ2) is 6.86. The SMILES string of the molecule is FC(F)(F)c1ccccc1-c1ccc(NCCC2=CCC=N2)nc1. The molecule has 0 aliphatic carbocycles. The maximum absolute atomic E-state index is 13.1. The molecule has 2 heterocycles. The highest BCUT2D eigenvalue weighted by molar-refractivity contribution is 5.68. The molecule has 6 heteroatoms. The second-order valence-corrected chi connectivity index (χ2v) is 5.40. The van der Waals surface area contributed by atoms with Crippen LogP contribution in [0.3, 0.4) is 0 Å². The molecule has 1 N–H and O–H groups in total. The lowest BCUT2D eigenvalue weighted by Gasteiger charge is -2.13. The molecule has 0 radical (unpaired) electrons. The van der Waals surface area contributed by atoms with E-state index >= 15 is 0 Å². The van der Waals surface area contributed by atoms with E-state index in [1.165, 1.54) is 18.3 Å². The first-order valence-corrected chi connectivity index (χ1v) is 7.62. The lowest BCUT2D eigenvalue weighted by atomic mass is 10.0. The van der Waals surface area contributed by atoms with Gasteiger partial charge in [-0.2, -0.15) is 13.2 Å². The standard InChI is InChI=1S/C18H16F3N3/c19-18(20,21)16-6-2-1-5-15(16)13-7-8-17(24-12-13)23-11-9-14-4-3-10-22-14/h1-2,4-8,10,12H,3,9,11H2,(H,23,24). The fraction of sp³-hybridized carbons (Fsp3) is 0.222. The van der Waals surface area contributed by atoms with Crippen molar-refractivity contribution in [3.05, 3.63) is 59.9 Å². The number of hydrogen-bond donors (Lipinski definition) is 1. The number of nitrogens with one attached hydrogen (secondary N) is 1. The summed E-state index contributed by atoms with van der Waals surface area (Å²) < 4.78 is 39.2. The summed E-state index contributed by atoms with van der Waals surface area (Å²) in [6.45, 7) is 0.675. The van der Waals surface area contributed by atoms with Crippen LogP contribution >= 0.6 is 0 Å². The van der Waals surface area contributed by atoms with Crippen LogP contribution in [0.15, 0.2) is 59.4 Å². The van der Waals surface area contributed by atoms with E-state index in [0.717, 1.165) is 24.6 Å². The van der Waals surface area contributed by atoms with Gasteiger partial charge < -0.3 is 5.32 Å². The van der Waals surface area contributed by atoms with E-state index in [2.05, 4.69) is 21.4 Å². The molecular formula is C18H16F3N3. The Morgan fingerprint density at radius 1 is 1.08 bits per heavy atom. The van der Waals surface area contributed by atoms with Crippen molar-refractivity contribution >= 4 is 12.0 Å². The van der Waals surface area contributed by atoms with Crippen LogP contribution in [0.4, 0.5) is 19.0 Å². The highest BCUT2D eigenvalue weighted by atomic mass is 19.4. The van der Waals surface area contributed by atoms with E-state index in [-0.39, 0.29) is 5.56 Å². The number of alkyl halides is 3. The van der Waals surface area contributed by atoms with Crippen LogP contribution in [0.25, 0.3) is 11.1 Å². The predicted octanol–water partition coefficient (Wildman–Crippen LogP) is 4.93. The molecule has 2 aromatic rings. The first-order valence-electron chi connectivity index (χ1n) is 7.62. The summed E-state index contributed by atoms with van der Waals surface area (Å²) in [5.74, 6) is 0.630. The summed E-state index contributed by atoms with van der Waals surface area (Å²) in [6, 6.07) is 8.85. The summed E-state index contributed by atoms with van der Waals surface area (Å²) in [6.07, 6.45) is 2.66. The molecule has 0 bridgehead atoms. The van der Waals surface area contributed by atoms with Gasteiger partial charge in [0, 0.05) is 43.1 Å². The van der Waals surface area contributed by atoms with E-state index in [1.807, 2.05) is 6.21 Å². The Morgan fingerprint density at radius 2 is 1.92 bits per heavy atom. The van der Waals surface area contributed by atoms with Gasteiger partial charge in [0.2, 0.25) is 0 Å². The molecule has 124 valence electrons. The van der Waals surface area contributed by atoms with Gasteiger partial charge in [-0.05, 0) is 23.8 Å². The number of halogens is 3. The lowest BCUT2D eigenvalue weighted by molar-refractivity contribution is -0.137. The third-order valence-corrected chi connectivity index (χ3v) is 3.71. The van der Waals surface area contributed by atoms with Gasteiger partial charge in [-0.25, -0.2) is 4.98 Å². The van der Waals surface area contributed by atoms with Crippen LogP contribution < -0.4 is 5.32 Å². The van der Waals surface area contributed by atoms with E-state index in [0.29, 0.717) is 17.9 Å². The predicted molar refractivity (Wildman–Crippen MR) is 89.0 cm³/mol. The molecule has 0 amide bonds. The minimum absolute atomic E-state index is 0.134. The van der Waals surface area contributed by atoms with Crippen LogP contribution in [0.2, 0.25) is 0 Å². The Kier molecular flexibility index (Phi) is 4.64. The number of allylic oxidation sites excluding steroid dienone is 1. The van der Waals surface area contributed by atoms with Gasteiger partial charge >= 0.3 is 6.18 Å². The number of anilines is 1. The summed E-state index contributed by atoms with van der Waals surface area (Å²) in [5.41, 5.74) is 0.961. The Bertz CT molecular complexity index is 762. The molecule has 0 saturated carbocycles. The Morgan fingerprint density at radius 3 is 2.58 bits per heavy atom. The third kappa shape index (κ3) is 3.82. The van der Waals surface area contributed by atoms with Crippen LogP contribution in [-0.2, 0) is 6.18 Å². The molecule has 0 saturated heterocycles. The summed E-state index contributed by atoms with van der Waals surface area (Å²) in [4.78, 5) is 8.43. The van der Waals surface area contributed by atoms with Crippen molar-refractivity contribution in [1.29, 1.82) is 0 Å². The van der Waals surface area contributed by atoms with Crippen molar-refractivity contribution in [1.82, 2.24) is 4.98 Å². The maximum atomic E-state index is 13.1. The zero-order valence-electron chi connectivity index (χ0n) is 12.8. The Labute approximate surface area is 138 Å². The molecular weight excluding hydrogens is 315 g/mol. The normalized spacial score (nSPS) is 13.9. The monoisotopic (exact) mass is 331 g/mol. The van der Waals surface area contributed by atoms with E-state index in [1.54, 1.807) is 18.2 Å². The molecule has 0 fully saturated rings. The largest absolute Gasteiger partial charge is 0.417 e. The molecule has 1 aromatic heterocycles. The number of hydrogen-bond acceptors (Lipinski definition) is 3. The minimum atomic E-state index is -4.39.